The average Bonchev–Trinajstić information content (AvgIpc) is 3.32. The summed E-state index contributed by atoms with van der Waals surface area (Å²) in [5, 5.41) is 7.17. The van der Waals surface area contributed by atoms with Crippen LogP contribution in [0.4, 0.5) is 5.82 Å². The van der Waals surface area contributed by atoms with Gasteiger partial charge in [-0.15, -0.1) is 0 Å². The number of carbonyl (C=O) groups excluding carboxylic acids is 3. The summed E-state index contributed by atoms with van der Waals surface area (Å²) in [7, 11) is 1.69. The van der Waals surface area contributed by atoms with Crippen LogP contribution in [-0.4, -0.2) is 61.1 Å². The van der Waals surface area contributed by atoms with E-state index in [4.69, 9.17) is 4.74 Å². The van der Waals surface area contributed by atoms with Crippen molar-refractivity contribution in [2.24, 2.45) is 0 Å². The molecule has 12 nitrogen and oxygen atoms in total. The van der Waals surface area contributed by atoms with E-state index in [-0.39, 0.29) is 17.1 Å². The van der Waals surface area contributed by atoms with Gasteiger partial charge >= 0.3 is 6.01 Å². The summed E-state index contributed by atoms with van der Waals surface area (Å²) < 4.78 is 5.68. The molecule has 0 radical (unpaired) electrons. The van der Waals surface area contributed by atoms with Crippen LogP contribution in [0.25, 0.3) is 23.8 Å². The molecule has 0 unspecified atom stereocenters. The first-order valence-corrected chi connectivity index (χ1v) is 10.8. The number of nitrogens with one attached hydrogen (secondary N) is 3. The molecule has 12 heteroatoms. The summed E-state index contributed by atoms with van der Waals surface area (Å²) in [6.07, 6.45) is 4.43. The number of rotatable bonds is 6. The van der Waals surface area contributed by atoms with Gasteiger partial charge in [-0.3, -0.25) is 19.3 Å². The van der Waals surface area contributed by atoms with Crippen molar-refractivity contribution >= 4 is 47.4 Å². The Bertz CT molecular complexity index is 1610. The standard InChI is InChI=1S/C24H20N8O4/c1-12-17(10-28-18(33)11-32-22(34)15-6-4-5-7-16(15)23(32)35)29-21-19(12)20(25-3)30-24(31-21)36-14-8-26-13(2)27-9-14/h4-10H,1,11H2,2-3H3,(H,28,33)(H2,25,29,30,31). The molecular weight excluding hydrogens is 464 g/mol. The van der Waals surface area contributed by atoms with E-state index in [1.807, 2.05) is 0 Å². The number of aromatic nitrogens is 5. The number of aromatic amines is 1. The normalized spacial score (nSPS) is 13.3. The second kappa shape index (κ2) is 8.91. The first kappa shape index (κ1) is 22.7. The van der Waals surface area contributed by atoms with E-state index in [9.17, 15) is 14.4 Å². The van der Waals surface area contributed by atoms with E-state index in [0.717, 1.165) is 4.90 Å². The number of nitrogens with zero attached hydrogens (tertiary/aromatic N) is 5. The Kier molecular flexibility index (Phi) is 5.60. The molecule has 0 fully saturated rings. The molecule has 5 rings (SSSR count). The smallest absolute Gasteiger partial charge is 0.326 e. The van der Waals surface area contributed by atoms with E-state index in [1.165, 1.54) is 18.6 Å². The molecule has 3 N–H and O–H groups in total. The van der Waals surface area contributed by atoms with E-state index < -0.39 is 24.3 Å². The fraction of sp³-hybridized carbons (Fsp3) is 0.125. The maximum Gasteiger partial charge on any atom is 0.326 e. The van der Waals surface area contributed by atoms with Crippen molar-refractivity contribution < 1.29 is 19.1 Å². The van der Waals surface area contributed by atoms with Gasteiger partial charge in [-0.1, -0.05) is 18.7 Å². The number of aryl methyl sites for hydroxylation is 1. The van der Waals surface area contributed by atoms with Crippen molar-refractivity contribution in [2.75, 3.05) is 18.9 Å². The van der Waals surface area contributed by atoms with E-state index in [1.54, 1.807) is 38.2 Å². The molecule has 0 saturated carbocycles. The van der Waals surface area contributed by atoms with E-state index in [0.29, 0.717) is 39.0 Å². The monoisotopic (exact) mass is 484 g/mol. The van der Waals surface area contributed by atoms with Gasteiger partial charge in [-0.05, 0) is 19.1 Å². The summed E-state index contributed by atoms with van der Waals surface area (Å²) >= 11 is 0. The van der Waals surface area contributed by atoms with Crippen molar-refractivity contribution in [2.45, 2.75) is 6.92 Å². The Morgan fingerprint density at radius 2 is 1.81 bits per heavy atom. The number of benzene rings is 1. The topological polar surface area (TPSA) is 155 Å². The van der Waals surface area contributed by atoms with Gasteiger partial charge in [-0.25, -0.2) is 9.97 Å². The lowest BCUT2D eigenvalue weighted by Crippen LogP contribution is -2.39. The molecule has 0 atom stereocenters. The van der Waals surface area contributed by atoms with Gasteiger partial charge < -0.3 is 20.4 Å². The molecule has 1 aliphatic heterocycles. The first-order valence-electron chi connectivity index (χ1n) is 10.8. The van der Waals surface area contributed by atoms with Crippen molar-refractivity contribution in [3.8, 4) is 11.8 Å². The third kappa shape index (κ3) is 4.00. The summed E-state index contributed by atoms with van der Waals surface area (Å²) in [6.45, 7) is 5.40. The van der Waals surface area contributed by atoms with Crippen LogP contribution in [-0.2, 0) is 4.79 Å². The minimum atomic E-state index is -0.550. The lowest BCUT2D eigenvalue weighted by molar-refractivity contribution is -0.120. The van der Waals surface area contributed by atoms with Crippen LogP contribution in [0.3, 0.4) is 0 Å². The van der Waals surface area contributed by atoms with Crippen molar-refractivity contribution in [1.29, 1.82) is 0 Å². The van der Waals surface area contributed by atoms with Gasteiger partial charge in [0.2, 0.25) is 5.91 Å². The molecule has 1 aliphatic rings. The number of H-pyrrole nitrogens is 1. The molecule has 4 heterocycles. The second-order valence-corrected chi connectivity index (χ2v) is 7.87. The fourth-order valence-corrected chi connectivity index (χ4v) is 3.77. The minimum absolute atomic E-state index is 0.0572. The third-order valence-corrected chi connectivity index (χ3v) is 5.53. The minimum Gasteiger partial charge on any atom is -0.421 e. The lowest BCUT2D eigenvalue weighted by atomic mass is 10.1. The largest absolute Gasteiger partial charge is 0.421 e. The van der Waals surface area contributed by atoms with Crippen molar-refractivity contribution in [3.63, 3.8) is 0 Å². The number of hydrogen-bond donors (Lipinski definition) is 3. The highest BCUT2D eigenvalue weighted by molar-refractivity contribution is 6.22. The average molecular weight is 484 g/mol. The number of fused-ring (bicyclic) bond motifs is 2. The summed E-state index contributed by atoms with van der Waals surface area (Å²) in [4.78, 5) is 58.4. The van der Waals surface area contributed by atoms with Crippen LogP contribution in [0.2, 0.25) is 0 Å². The van der Waals surface area contributed by atoms with Crippen LogP contribution in [0, 0.1) is 6.92 Å². The van der Waals surface area contributed by atoms with Gasteiger partial charge in [0.25, 0.3) is 11.8 Å². The Morgan fingerprint density at radius 3 is 2.44 bits per heavy atom. The molecule has 0 spiro atoms. The predicted octanol–water partition coefficient (Wildman–Crippen LogP) is 0.451. The van der Waals surface area contributed by atoms with Crippen LogP contribution < -0.4 is 25.9 Å². The molecule has 3 amide bonds. The summed E-state index contributed by atoms with van der Waals surface area (Å²) in [5.41, 5.74) is 0.981. The molecule has 1 aromatic carbocycles. The Hall–Kier alpha value is -5.13. The van der Waals surface area contributed by atoms with Gasteiger partial charge in [0.1, 0.15) is 23.8 Å². The van der Waals surface area contributed by atoms with Crippen LogP contribution >= 0.6 is 0 Å². The Balaban J connectivity index is 1.38. The zero-order chi connectivity index (χ0) is 25.4. The molecule has 0 saturated heterocycles. The number of amides is 3. The molecule has 36 heavy (non-hydrogen) atoms. The van der Waals surface area contributed by atoms with Crippen LogP contribution in [0.15, 0.2) is 36.7 Å². The lowest BCUT2D eigenvalue weighted by Gasteiger charge is -2.12. The van der Waals surface area contributed by atoms with Gasteiger partial charge in [0.05, 0.1) is 34.3 Å². The number of hydrogen-bond acceptors (Lipinski definition) is 9. The maximum atomic E-state index is 12.6. The van der Waals surface area contributed by atoms with Crippen LogP contribution in [0.1, 0.15) is 26.5 Å². The first-order chi connectivity index (χ1) is 17.4. The van der Waals surface area contributed by atoms with Crippen LogP contribution in [0.5, 0.6) is 11.8 Å². The van der Waals surface area contributed by atoms with Crippen molar-refractivity contribution in [1.82, 2.24) is 35.1 Å². The van der Waals surface area contributed by atoms with Gasteiger partial charge in [-0.2, -0.15) is 9.97 Å². The Labute approximate surface area is 203 Å². The molecule has 0 bridgehead atoms. The maximum absolute atomic E-state index is 12.6. The van der Waals surface area contributed by atoms with E-state index >= 15 is 0 Å². The molecular formula is C24H20N8O4. The fourth-order valence-electron chi connectivity index (χ4n) is 3.77. The number of imide groups is 1. The molecule has 0 aliphatic carbocycles. The number of anilines is 1. The predicted molar refractivity (Wildman–Crippen MR) is 129 cm³/mol. The zero-order valence-electron chi connectivity index (χ0n) is 19.3. The quantitative estimate of drug-likeness (QED) is 0.331. The highest BCUT2D eigenvalue weighted by atomic mass is 16.5. The van der Waals surface area contributed by atoms with E-state index in [2.05, 4.69) is 42.1 Å². The number of ether oxygens (including phenoxy) is 1. The zero-order valence-corrected chi connectivity index (χ0v) is 19.3. The third-order valence-electron chi connectivity index (χ3n) is 5.53. The molecule has 180 valence electrons. The highest BCUT2D eigenvalue weighted by Crippen LogP contribution is 2.23. The second-order valence-electron chi connectivity index (χ2n) is 7.87. The van der Waals surface area contributed by atoms with Gasteiger partial charge in [0, 0.05) is 18.5 Å². The number of carbonyl (C=O) groups is 3. The van der Waals surface area contributed by atoms with Crippen molar-refractivity contribution in [3.05, 3.63) is 64.2 Å². The van der Waals surface area contributed by atoms with Gasteiger partial charge in [0.15, 0.2) is 5.75 Å². The summed E-state index contributed by atoms with van der Waals surface area (Å²) in [5.74, 6) is -0.127. The summed E-state index contributed by atoms with van der Waals surface area (Å²) in [6, 6.07) is 6.51. The molecule has 3 aromatic heterocycles. The Morgan fingerprint density at radius 1 is 1.14 bits per heavy atom. The molecule has 4 aromatic rings. The highest BCUT2D eigenvalue weighted by Gasteiger charge is 2.36. The SMILES string of the molecule is C=c1c(=CNC(=O)CN2C(=O)c3ccccc3C2=O)[nH]c2nc(Oc3cnc(C)nc3)nc(NC)c12.